The fourth-order valence-corrected chi connectivity index (χ4v) is 5.54. The predicted molar refractivity (Wildman–Crippen MR) is 128 cm³/mol. The first-order valence-corrected chi connectivity index (χ1v) is 12.3. The van der Waals surface area contributed by atoms with Gasteiger partial charge >= 0.3 is 5.97 Å². The van der Waals surface area contributed by atoms with Crippen LogP contribution < -0.4 is 16.0 Å². The van der Waals surface area contributed by atoms with Crippen molar-refractivity contribution in [2.75, 3.05) is 29.0 Å². The number of carbonyl (C=O) groups is 1. The highest BCUT2D eigenvalue weighted by Gasteiger charge is 2.31. The van der Waals surface area contributed by atoms with Gasteiger partial charge in [0.15, 0.2) is 5.13 Å². The van der Waals surface area contributed by atoms with Crippen molar-refractivity contribution in [1.82, 2.24) is 19.9 Å². The van der Waals surface area contributed by atoms with Gasteiger partial charge in [0.2, 0.25) is 5.95 Å². The summed E-state index contributed by atoms with van der Waals surface area (Å²) in [5, 5.41) is 31.2. The van der Waals surface area contributed by atoms with Crippen LogP contribution in [-0.4, -0.2) is 67.3 Å². The van der Waals surface area contributed by atoms with E-state index in [9.17, 15) is 15.0 Å². The molecule has 5 N–H and O–H groups in total. The van der Waals surface area contributed by atoms with Crippen LogP contribution in [0.2, 0.25) is 0 Å². The molecule has 1 atom stereocenters. The van der Waals surface area contributed by atoms with E-state index in [-0.39, 0.29) is 12.1 Å². The summed E-state index contributed by atoms with van der Waals surface area (Å²) in [6.45, 7) is 1.98. The standard InChI is InChI=1S/C22H29N7O3S/c30-15-7-5-13(6-8-15)24-21-25-14(12-29-10-2-4-17(29)20(31)32)11-18(27-21)28-22-26-16-3-1-9-23-19(16)33-22/h1,3,11,13,15,17,23,30H,2,4-10,12H2,(H,31,32)(H2,24,25,26,27,28). The fourth-order valence-electron chi connectivity index (χ4n) is 4.67. The fraction of sp³-hybridized carbons (Fsp3) is 0.545. The molecule has 2 aliphatic heterocycles. The van der Waals surface area contributed by atoms with E-state index in [0.717, 1.165) is 66.7 Å². The van der Waals surface area contributed by atoms with Gasteiger partial charge < -0.3 is 26.2 Å². The molecule has 0 radical (unpaired) electrons. The molecule has 1 unspecified atom stereocenters. The van der Waals surface area contributed by atoms with Crippen LogP contribution in [0.3, 0.4) is 0 Å². The Bertz CT molecular complexity index is 1030. The molecule has 1 saturated carbocycles. The molecule has 10 nitrogen and oxygen atoms in total. The van der Waals surface area contributed by atoms with Gasteiger partial charge in [-0.15, -0.1) is 0 Å². The van der Waals surface area contributed by atoms with Crippen LogP contribution in [-0.2, 0) is 11.3 Å². The maximum Gasteiger partial charge on any atom is 0.320 e. The highest BCUT2D eigenvalue weighted by molar-refractivity contribution is 7.19. The summed E-state index contributed by atoms with van der Waals surface area (Å²) in [6.07, 6.45) is 8.59. The number of rotatable bonds is 7. The minimum atomic E-state index is -0.784. The number of aliphatic hydroxyl groups is 1. The topological polar surface area (TPSA) is 136 Å². The maximum atomic E-state index is 11.6. The molecule has 0 aromatic carbocycles. The summed E-state index contributed by atoms with van der Waals surface area (Å²) in [5.74, 6) is 0.356. The smallest absolute Gasteiger partial charge is 0.320 e. The van der Waals surface area contributed by atoms with Crippen LogP contribution in [0.25, 0.3) is 6.08 Å². The minimum Gasteiger partial charge on any atom is -0.480 e. The van der Waals surface area contributed by atoms with E-state index in [1.807, 2.05) is 23.1 Å². The molecule has 2 fully saturated rings. The number of fused-ring (bicyclic) bond motifs is 1. The monoisotopic (exact) mass is 471 g/mol. The van der Waals surface area contributed by atoms with Gasteiger partial charge in [-0.05, 0) is 51.1 Å². The van der Waals surface area contributed by atoms with Gasteiger partial charge in [0, 0.05) is 25.2 Å². The van der Waals surface area contributed by atoms with E-state index in [2.05, 4.69) is 25.9 Å². The third-order valence-electron chi connectivity index (χ3n) is 6.37. The maximum absolute atomic E-state index is 11.6. The second-order valence-corrected chi connectivity index (χ2v) is 9.83. The molecule has 11 heteroatoms. The molecule has 0 amide bonds. The van der Waals surface area contributed by atoms with E-state index >= 15 is 0 Å². The Morgan fingerprint density at radius 1 is 1.21 bits per heavy atom. The van der Waals surface area contributed by atoms with Crippen LogP contribution in [0.1, 0.15) is 49.9 Å². The molecule has 0 bridgehead atoms. The Kier molecular flexibility index (Phi) is 6.43. The molecule has 33 heavy (non-hydrogen) atoms. The molecule has 176 valence electrons. The number of thiazole rings is 1. The van der Waals surface area contributed by atoms with Crippen molar-refractivity contribution in [3.63, 3.8) is 0 Å². The van der Waals surface area contributed by atoms with Crippen molar-refractivity contribution in [3.05, 3.63) is 23.5 Å². The van der Waals surface area contributed by atoms with Gasteiger partial charge in [-0.3, -0.25) is 9.69 Å². The Morgan fingerprint density at radius 3 is 2.85 bits per heavy atom. The van der Waals surface area contributed by atoms with E-state index < -0.39 is 12.0 Å². The lowest BCUT2D eigenvalue weighted by atomic mass is 9.93. The van der Waals surface area contributed by atoms with E-state index in [4.69, 9.17) is 4.98 Å². The van der Waals surface area contributed by atoms with Crippen molar-refractivity contribution >= 4 is 45.3 Å². The Balaban J connectivity index is 1.37. The van der Waals surface area contributed by atoms with Crippen LogP contribution in [0.15, 0.2) is 12.1 Å². The van der Waals surface area contributed by atoms with E-state index in [1.54, 1.807) is 0 Å². The first kappa shape index (κ1) is 22.1. The Hall–Kier alpha value is -2.76. The number of aliphatic hydroxyl groups excluding tert-OH is 1. The van der Waals surface area contributed by atoms with Crippen molar-refractivity contribution in [2.45, 2.75) is 63.3 Å². The van der Waals surface area contributed by atoms with Crippen molar-refractivity contribution in [1.29, 1.82) is 0 Å². The predicted octanol–water partition coefficient (Wildman–Crippen LogP) is 2.88. The first-order chi connectivity index (χ1) is 16.0. The van der Waals surface area contributed by atoms with Crippen molar-refractivity contribution in [3.8, 4) is 0 Å². The largest absolute Gasteiger partial charge is 0.480 e. The summed E-state index contributed by atoms with van der Waals surface area (Å²) < 4.78 is 0. The lowest BCUT2D eigenvalue weighted by Crippen LogP contribution is -2.35. The molecular formula is C22H29N7O3S. The molecule has 1 aliphatic carbocycles. The summed E-state index contributed by atoms with van der Waals surface area (Å²) in [7, 11) is 0. The molecule has 1 saturated heterocycles. The molecule has 4 heterocycles. The summed E-state index contributed by atoms with van der Waals surface area (Å²) in [5.41, 5.74) is 1.67. The molecular weight excluding hydrogens is 442 g/mol. The molecule has 5 rings (SSSR count). The van der Waals surface area contributed by atoms with Crippen molar-refractivity contribution in [2.24, 2.45) is 0 Å². The van der Waals surface area contributed by atoms with Gasteiger partial charge in [-0.2, -0.15) is 4.98 Å². The summed E-state index contributed by atoms with van der Waals surface area (Å²) in [4.78, 5) is 27.6. The zero-order valence-electron chi connectivity index (χ0n) is 18.3. The zero-order valence-corrected chi connectivity index (χ0v) is 19.1. The van der Waals surface area contributed by atoms with E-state index in [1.165, 1.54) is 11.3 Å². The summed E-state index contributed by atoms with van der Waals surface area (Å²) in [6, 6.07) is 1.60. The number of carboxylic acids is 1. The van der Waals surface area contributed by atoms with Gasteiger partial charge in [0.1, 0.15) is 16.9 Å². The Labute approximate surface area is 196 Å². The van der Waals surface area contributed by atoms with Crippen LogP contribution in [0.5, 0.6) is 0 Å². The highest BCUT2D eigenvalue weighted by atomic mass is 32.1. The van der Waals surface area contributed by atoms with Gasteiger partial charge in [0.05, 0.1) is 17.5 Å². The average Bonchev–Trinajstić information content (AvgIpc) is 3.41. The molecule has 0 spiro atoms. The number of likely N-dealkylation sites (tertiary alicyclic amines) is 1. The molecule has 2 aromatic heterocycles. The van der Waals surface area contributed by atoms with Crippen LogP contribution in [0.4, 0.5) is 21.9 Å². The van der Waals surface area contributed by atoms with Crippen molar-refractivity contribution < 1.29 is 15.0 Å². The number of aromatic nitrogens is 3. The SMILES string of the molecule is O=C(O)C1CCCN1Cc1cc(Nc2nc3c(s2)NCC=C3)nc(NC2CCC(O)CC2)n1. The van der Waals surface area contributed by atoms with E-state index in [0.29, 0.717) is 24.7 Å². The number of nitrogens with one attached hydrogen (secondary N) is 3. The Morgan fingerprint density at radius 2 is 2.06 bits per heavy atom. The minimum absolute atomic E-state index is 0.205. The number of hydrogen-bond acceptors (Lipinski definition) is 10. The lowest BCUT2D eigenvalue weighted by molar-refractivity contribution is -0.142. The van der Waals surface area contributed by atoms with Gasteiger partial charge in [-0.25, -0.2) is 9.97 Å². The first-order valence-electron chi connectivity index (χ1n) is 11.5. The van der Waals surface area contributed by atoms with Gasteiger partial charge in [0.25, 0.3) is 0 Å². The van der Waals surface area contributed by atoms with Crippen LogP contribution >= 0.6 is 11.3 Å². The third kappa shape index (κ3) is 5.26. The summed E-state index contributed by atoms with van der Waals surface area (Å²) >= 11 is 1.53. The third-order valence-corrected chi connectivity index (χ3v) is 7.31. The average molecular weight is 472 g/mol. The second-order valence-electron chi connectivity index (χ2n) is 8.83. The number of anilines is 4. The van der Waals surface area contributed by atoms with Gasteiger partial charge in [-0.1, -0.05) is 17.4 Å². The zero-order chi connectivity index (χ0) is 22.8. The number of nitrogens with zero attached hydrogens (tertiary/aromatic N) is 4. The number of carboxylic acid groups (broad SMARTS) is 1. The number of hydrogen-bond donors (Lipinski definition) is 5. The quantitative estimate of drug-likeness (QED) is 0.410. The highest BCUT2D eigenvalue weighted by Crippen LogP contribution is 2.33. The number of aliphatic carboxylic acids is 1. The normalized spacial score (nSPS) is 24.8. The lowest BCUT2D eigenvalue weighted by Gasteiger charge is -2.26. The molecule has 2 aromatic rings. The second kappa shape index (κ2) is 9.62. The molecule has 3 aliphatic rings. The van der Waals surface area contributed by atoms with Crippen LogP contribution in [0, 0.1) is 0 Å².